The van der Waals surface area contributed by atoms with Crippen LogP contribution in [0.15, 0.2) is 36.4 Å². The Morgan fingerprint density at radius 1 is 1.30 bits per heavy atom. The molecule has 2 N–H and O–H groups in total. The molecule has 1 aromatic heterocycles. The van der Waals surface area contributed by atoms with E-state index in [1.54, 1.807) is 18.2 Å². The molecule has 1 heterocycles. The Morgan fingerprint density at radius 3 is 2.60 bits per heavy atom. The van der Waals surface area contributed by atoms with Gasteiger partial charge < -0.3 is 10.4 Å². The van der Waals surface area contributed by atoms with Crippen molar-refractivity contribution in [2.75, 3.05) is 5.32 Å². The van der Waals surface area contributed by atoms with Crippen LogP contribution in [0.3, 0.4) is 0 Å². The van der Waals surface area contributed by atoms with E-state index in [2.05, 4.69) is 16.4 Å². The van der Waals surface area contributed by atoms with Crippen LogP contribution >= 0.6 is 11.6 Å². The summed E-state index contributed by atoms with van der Waals surface area (Å²) < 4.78 is 0. The standard InChI is InChI=1S/C14H10ClN3O2/c15-11-5-6-12(18-13(11)14(19)20)17-10-3-1-9(2-4-10)7-8-16/h1-6H,7H2,(H,17,18)(H,19,20). The maximum Gasteiger partial charge on any atom is 0.356 e. The molecule has 100 valence electrons. The monoisotopic (exact) mass is 287 g/mol. The predicted molar refractivity (Wildman–Crippen MR) is 75.2 cm³/mol. The topological polar surface area (TPSA) is 86.0 Å². The molecule has 5 nitrogen and oxygen atoms in total. The zero-order chi connectivity index (χ0) is 14.5. The summed E-state index contributed by atoms with van der Waals surface area (Å²) in [4.78, 5) is 14.9. The third-order valence-electron chi connectivity index (χ3n) is 2.56. The maximum atomic E-state index is 10.9. The first kappa shape index (κ1) is 13.8. The van der Waals surface area contributed by atoms with Crippen molar-refractivity contribution >= 4 is 29.1 Å². The van der Waals surface area contributed by atoms with E-state index in [1.807, 2.05) is 12.1 Å². The van der Waals surface area contributed by atoms with Gasteiger partial charge in [0.25, 0.3) is 0 Å². The summed E-state index contributed by atoms with van der Waals surface area (Å²) in [6, 6.07) is 12.4. The maximum absolute atomic E-state index is 10.9. The summed E-state index contributed by atoms with van der Waals surface area (Å²) in [5.74, 6) is -0.789. The third-order valence-corrected chi connectivity index (χ3v) is 2.86. The molecular formula is C14H10ClN3O2. The molecule has 1 aromatic carbocycles. The quantitative estimate of drug-likeness (QED) is 0.901. The lowest BCUT2D eigenvalue weighted by molar-refractivity contribution is 0.0691. The normalized spacial score (nSPS) is 9.80. The van der Waals surface area contributed by atoms with Crippen molar-refractivity contribution in [2.45, 2.75) is 6.42 Å². The van der Waals surface area contributed by atoms with Crippen molar-refractivity contribution in [3.63, 3.8) is 0 Å². The largest absolute Gasteiger partial charge is 0.476 e. The Bertz CT molecular complexity index is 678. The minimum Gasteiger partial charge on any atom is -0.476 e. The number of carboxylic acid groups (broad SMARTS) is 1. The molecule has 0 aliphatic rings. The minimum absolute atomic E-state index is 0.0902. The van der Waals surface area contributed by atoms with Gasteiger partial charge >= 0.3 is 5.97 Å². The van der Waals surface area contributed by atoms with Gasteiger partial charge in [0, 0.05) is 5.69 Å². The molecule has 0 aliphatic heterocycles. The number of nitrogens with zero attached hydrogens (tertiary/aromatic N) is 2. The lowest BCUT2D eigenvalue weighted by Crippen LogP contribution is -2.04. The van der Waals surface area contributed by atoms with Gasteiger partial charge in [-0.3, -0.25) is 0 Å². The van der Waals surface area contributed by atoms with Gasteiger partial charge in [-0.05, 0) is 29.8 Å². The van der Waals surface area contributed by atoms with Crippen molar-refractivity contribution in [3.8, 4) is 6.07 Å². The van der Waals surface area contributed by atoms with E-state index in [1.165, 1.54) is 6.07 Å². The lowest BCUT2D eigenvalue weighted by Gasteiger charge is -2.07. The Kier molecular flexibility index (Phi) is 4.18. The summed E-state index contributed by atoms with van der Waals surface area (Å²) in [5, 5.41) is 20.6. The number of aromatic nitrogens is 1. The average molecular weight is 288 g/mol. The molecule has 0 atom stereocenters. The summed E-state index contributed by atoms with van der Waals surface area (Å²) in [6.07, 6.45) is 0.350. The lowest BCUT2D eigenvalue weighted by atomic mass is 10.1. The van der Waals surface area contributed by atoms with E-state index in [-0.39, 0.29) is 10.7 Å². The molecule has 0 aliphatic carbocycles. The van der Waals surface area contributed by atoms with E-state index >= 15 is 0 Å². The van der Waals surface area contributed by atoms with Gasteiger partial charge in [-0.25, -0.2) is 9.78 Å². The van der Waals surface area contributed by atoms with E-state index in [4.69, 9.17) is 22.0 Å². The highest BCUT2D eigenvalue weighted by atomic mass is 35.5. The minimum atomic E-state index is -1.18. The zero-order valence-electron chi connectivity index (χ0n) is 10.3. The third kappa shape index (κ3) is 3.25. The Hall–Kier alpha value is -2.58. The molecular weight excluding hydrogens is 278 g/mol. The number of halogens is 1. The van der Waals surface area contributed by atoms with Gasteiger partial charge in [0.1, 0.15) is 5.82 Å². The van der Waals surface area contributed by atoms with Gasteiger partial charge in [0.15, 0.2) is 5.69 Å². The number of pyridine rings is 1. The molecule has 20 heavy (non-hydrogen) atoms. The molecule has 0 spiro atoms. The zero-order valence-corrected chi connectivity index (χ0v) is 11.1. The Balaban J connectivity index is 2.20. The molecule has 0 radical (unpaired) electrons. The second-order valence-electron chi connectivity index (χ2n) is 3.99. The van der Waals surface area contributed by atoms with Crippen molar-refractivity contribution in [1.29, 1.82) is 5.26 Å². The van der Waals surface area contributed by atoms with Gasteiger partial charge in [0.2, 0.25) is 0 Å². The molecule has 0 amide bonds. The molecule has 0 bridgehead atoms. The first-order valence-corrected chi connectivity index (χ1v) is 6.10. The van der Waals surface area contributed by atoms with Gasteiger partial charge in [-0.2, -0.15) is 5.26 Å². The van der Waals surface area contributed by atoms with Crippen molar-refractivity contribution < 1.29 is 9.90 Å². The average Bonchev–Trinajstić information content (AvgIpc) is 2.43. The van der Waals surface area contributed by atoms with Crippen molar-refractivity contribution in [1.82, 2.24) is 4.98 Å². The number of hydrogen-bond acceptors (Lipinski definition) is 4. The Labute approximate surface area is 120 Å². The van der Waals surface area contributed by atoms with Crippen LogP contribution in [0.5, 0.6) is 0 Å². The highest BCUT2D eigenvalue weighted by Gasteiger charge is 2.11. The fraction of sp³-hybridized carbons (Fsp3) is 0.0714. The second kappa shape index (κ2) is 6.04. The number of rotatable bonds is 4. The smallest absolute Gasteiger partial charge is 0.356 e. The summed E-state index contributed by atoms with van der Waals surface area (Å²) in [5.41, 5.74) is 1.46. The Morgan fingerprint density at radius 2 is 2.00 bits per heavy atom. The number of hydrogen-bond donors (Lipinski definition) is 2. The van der Waals surface area contributed by atoms with Gasteiger partial charge in [0.05, 0.1) is 17.5 Å². The molecule has 0 saturated heterocycles. The number of carboxylic acids is 1. The van der Waals surface area contributed by atoms with Crippen molar-refractivity contribution in [2.24, 2.45) is 0 Å². The molecule has 2 aromatic rings. The van der Waals surface area contributed by atoms with E-state index < -0.39 is 5.97 Å². The van der Waals surface area contributed by atoms with E-state index in [0.717, 1.165) is 11.3 Å². The first-order valence-electron chi connectivity index (χ1n) is 5.73. The van der Waals surface area contributed by atoms with Crippen LogP contribution in [0.2, 0.25) is 5.02 Å². The van der Waals surface area contributed by atoms with Gasteiger partial charge in [-0.15, -0.1) is 0 Å². The molecule has 0 unspecified atom stereocenters. The summed E-state index contributed by atoms with van der Waals surface area (Å²) in [6.45, 7) is 0. The second-order valence-corrected chi connectivity index (χ2v) is 4.40. The number of nitriles is 1. The SMILES string of the molecule is N#CCc1ccc(Nc2ccc(Cl)c(C(=O)O)n2)cc1. The fourth-order valence-corrected chi connectivity index (χ4v) is 1.79. The van der Waals surface area contributed by atoms with Crippen LogP contribution < -0.4 is 5.32 Å². The number of nitrogens with one attached hydrogen (secondary N) is 1. The van der Waals surface area contributed by atoms with Crippen LogP contribution in [0.25, 0.3) is 0 Å². The highest BCUT2D eigenvalue weighted by molar-refractivity contribution is 6.33. The number of benzene rings is 1. The number of anilines is 2. The molecule has 6 heteroatoms. The number of carbonyl (C=O) groups is 1. The summed E-state index contributed by atoms with van der Waals surface area (Å²) >= 11 is 5.75. The molecule has 0 fully saturated rings. The van der Waals surface area contributed by atoms with Gasteiger partial charge in [-0.1, -0.05) is 23.7 Å². The van der Waals surface area contributed by atoms with Crippen LogP contribution in [-0.4, -0.2) is 16.1 Å². The van der Waals surface area contributed by atoms with Crippen LogP contribution in [0, 0.1) is 11.3 Å². The van der Waals surface area contributed by atoms with Crippen molar-refractivity contribution in [3.05, 3.63) is 52.7 Å². The molecule has 0 saturated carbocycles. The van der Waals surface area contributed by atoms with Crippen LogP contribution in [0.4, 0.5) is 11.5 Å². The fourth-order valence-electron chi connectivity index (χ4n) is 1.61. The summed E-state index contributed by atoms with van der Waals surface area (Å²) in [7, 11) is 0. The number of aromatic carboxylic acids is 1. The first-order chi connectivity index (χ1) is 9.60. The molecule has 2 rings (SSSR count). The van der Waals surface area contributed by atoms with Crippen LogP contribution in [0.1, 0.15) is 16.1 Å². The predicted octanol–water partition coefficient (Wildman–Crippen LogP) is 3.24. The highest BCUT2D eigenvalue weighted by Crippen LogP contribution is 2.20. The van der Waals surface area contributed by atoms with E-state index in [0.29, 0.717) is 12.2 Å². The van der Waals surface area contributed by atoms with E-state index in [9.17, 15) is 4.79 Å². The van der Waals surface area contributed by atoms with Crippen LogP contribution in [-0.2, 0) is 6.42 Å².